The number of halogens is 1. The van der Waals surface area contributed by atoms with E-state index in [2.05, 4.69) is 4.98 Å². The van der Waals surface area contributed by atoms with Gasteiger partial charge < -0.3 is 4.98 Å². The van der Waals surface area contributed by atoms with Gasteiger partial charge in [0, 0.05) is 10.8 Å². The Kier molecular flexibility index (Phi) is 2.40. The Morgan fingerprint density at radius 2 is 1.94 bits per heavy atom. The lowest BCUT2D eigenvalue weighted by Gasteiger charge is -2.05. The first-order valence-corrected chi connectivity index (χ1v) is 5.94. The van der Waals surface area contributed by atoms with Gasteiger partial charge in [-0.05, 0) is 29.5 Å². The van der Waals surface area contributed by atoms with E-state index in [4.69, 9.17) is 0 Å². The molecule has 0 spiro atoms. The fourth-order valence-corrected chi connectivity index (χ4v) is 2.29. The number of H-pyrrole nitrogens is 1. The van der Waals surface area contributed by atoms with Crippen LogP contribution in [-0.4, -0.2) is 4.98 Å². The summed E-state index contributed by atoms with van der Waals surface area (Å²) in [5, 5.41) is 2.16. The van der Waals surface area contributed by atoms with Gasteiger partial charge in [0.15, 0.2) is 0 Å². The zero-order valence-corrected chi connectivity index (χ0v) is 9.96. The highest BCUT2D eigenvalue weighted by Gasteiger charge is 2.08. The van der Waals surface area contributed by atoms with Crippen LogP contribution in [0.2, 0.25) is 0 Å². The van der Waals surface area contributed by atoms with E-state index in [-0.39, 0.29) is 11.1 Å². The average molecular weight is 241 g/mol. The minimum Gasteiger partial charge on any atom is -0.319 e. The molecule has 0 aliphatic heterocycles. The van der Waals surface area contributed by atoms with Crippen molar-refractivity contribution in [3.05, 3.63) is 58.1 Å². The van der Waals surface area contributed by atoms with Crippen molar-refractivity contribution in [3.63, 3.8) is 0 Å². The number of rotatable bonds is 1. The molecule has 90 valence electrons. The first-order valence-electron chi connectivity index (χ1n) is 5.94. The molecule has 0 bridgehead atoms. The van der Waals surface area contributed by atoms with Crippen LogP contribution in [0.1, 0.15) is 12.5 Å². The number of para-hydroxylation sites is 1. The van der Waals surface area contributed by atoms with Gasteiger partial charge in [-0.25, -0.2) is 4.39 Å². The Labute approximate surface area is 103 Å². The van der Waals surface area contributed by atoms with Crippen molar-refractivity contribution in [1.82, 2.24) is 4.98 Å². The zero-order valence-electron chi connectivity index (χ0n) is 9.96. The number of benzene rings is 2. The number of hydrogen-bond acceptors (Lipinski definition) is 1. The minimum absolute atomic E-state index is 0.238. The molecule has 2 nitrogen and oxygen atoms in total. The molecule has 2 aromatic carbocycles. The number of nitrogens with one attached hydrogen (secondary N) is 1. The van der Waals surface area contributed by atoms with Crippen molar-refractivity contribution in [1.29, 1.82) is 0 Å². The third kappa shape index (κ3) is 1.51. The molecule has 0 fully saturated rings. The van der Waals surface area contributed by atoms with Crippen LogP contribution in [0.3, 0.4) is 0 Å². The van der Waals surface area contributed by atoms with E-state index in [1.807, 2.05) is 31.2 Å². The molecule has 1 heterocycles. The second kappa shape index (κ2) is 3.95. The maximum absolute atomic E-state index is 13.7. The summed E-state index contributed by atoms with van der Waals surface area (Å²) < 4.78 is 13.7. The lowest BCUT2D eigenvalue weighted by atomic mass is 10.0. The van der Waals surface area contributed by atoms with Crippen LogP contribution in [0.15, 0.2) is 41.2 Å². The van der Waals surface area contributed by atoms with Gasteiger partial charge in [0.2, 0.25) is 0 Å². The summed E-state index contributed by atoms with van der Waals surface area (Å²) in [6.07, 6.45) is 0.872. The Hall–Kier alpha value is -2.16. The van der Waals surface area contributed by atoms with Crippen LogP contribution in [0, 0.1) is 5.82 Å². The van der Waals surface area contributed by atoms with Crippen LogP contribution < -0.4 is 5.56 Å². The Bertz CT molecular complexity index is 805. The fraction of sp³-hybridized carbons (Fsp3) is 0.133. The van der Waals surface area contributed by atoms with Crippen LogP contribution in [0.5, 0.6) is 0 Å². The van der Waals surface area contributed by atoms with E-state index in [1.54, 1.807) is 6.07 Å². The van der Waals surface area contributed by atoms with Crippen molar-refractivity contribution in [2.75, 3.05) is 0 Å². The molecule has 1 N–H and O–H groups in total. The van der Waals surface area contributed by atoms with Crippen molar-refractivity contribution >= 4 is 21.7 Å². The summed E-state index contributed by atoms with van der Waals surface area (Å²) in [6.45, 7) is 2.04. The van der Waals surface area contributed by atoms with Gasteiger partial charge in [-0.15, -0.1) is 0 Å². The van der Waals surface area contributed by atoms with Crippen molar-refractivity contribution < 1.29 is 4.39 Å². The van der Waals surface area contributed by atoms with E-state index in [9.17, 15) is 9.18 Å². The summed E-state index contributed by atoms with van der Waals surface area (Å²) in [7, 11) is 0. The molecule has 0 aliphatic carbocycles. The average Bonchev–Trinajstić information content (AvgIpc) is 2.40. The quantitative estimate of drug-likeness (QED) is 0.651. The minimum atomic E-state index is -0.397. The third-order valence-electron chi connectivity index (χ3n) is 3.28. The van der Waals surface area contributed by atoms with Gasteiger partial charge in [-0.3, -0.25) is 4.79 Å². The lowest BCUT2D eigenvalue weighted by Crippen LogP contribution is -2.07. The topological polar surface area (TPSA) is 32.9 Å². The van der Waals surface area contributed by atoms with Gasteiger partial charge >= 0.3 is 0 Å². The van der Waals surface area contributed by atoms with Crippen molar-refractivity contribution in [2.24, 2.45) is 0 Å². The largest absolute Gasteiger partial charge is 0.319 e. The summed E-state index contributed by atoms with van der Waals surface area (Å²) in [4.78, 5) is 14.6. The SMILES string of the molecule is CCc1ccc2c(c1)c(=O)[nH]c1c(F)cccc12. The second-order valence-corrected chi connectivity index (χ2v) is 4.35. The molecule has 0 aliphatic rings. The summed E-state index contributed by atoms with van der Waals surface area (Å²) in [6, 6.07) is 10.6. The summed E-state index contributed by atoms with van der Waals surface area (Å²) >= 11 is 0. The Morgan fingerprint density at radius 3 is 2.72 bits per heavy atom. The van der Waals surface area contributed by atoms with E-state index in [1.165, 1.54) is 6.07 Å². The number of pyridine rings is 1. The molecule has 0 saturated carbocycles. The first kappa shape index (κ1) is 11.0. The maximum atomic E-state index is 13.7. The zero-order chi connectivity index (χ0) is 12.7. The fourth-order valence-electron chi connectivity index (χ4n) is 2.29. The first-order chi connectivity index (χ1) is 8.70. The molecule has 3 heteroatoms. The van der Waals surface area contributed by atoms with Gasteiger partial charge in [0.05, 0.1) is 5.52 Å². The van der Waals surface area contributed by atoms with Gasteiger partial charge in [-0.2, -0.15) is 0 Å². The third-order valence-corrected chi connectivity index (χ3v) is 3.28. The molecular formula is C15H12FNO. The Balaban J connectivity index is 2.55. The molecule has 0 radical (unpaired) electrons. The van der Waals surface area contributed by atoms with Crippen LogP contribution in [0.25, 0.3) is 21.7 Å². The van der Waals surface area contributed by atoms with Crippen LogP contribution in [0.4, 0.5) is 4.39 Å². The smallest absolute Gasteiger partial charge is 0.256 e. The highest BCUT2D eigenvalue weighted by atomic mass is 19.1. The van der Waals surface area contributed by atoms with E-state index >= 15 is 0 Å². The number of aryl methyl sites for hydroxylation is 1. The summed E-state index contributed by atoms with van der Waals surface area (Å²) in [5.74, 6) is -0.397. The lowest BCUT2D eigenvalue weighted by molar-refractivity contribution is 0.636. The number of fused-ring (bicyclic) bond motifs is 3. The molecule has 18 heavy (non-hydrogen) atoms. The van der Waals surface area contributed by atoms with E-state index in [0.717, 1.165) is 22.8 Å². The molecule has 0 atom stereocenters. The molecule has 0 saturated heterocycles. The van der Waals surface area contributed by atoms with Crippen LogP contribution in [-0.2, 0) is 6.42 Å². The predicted molar refractivity (Wildman–Crippen MR) is 71.4 cm³/mol. The number of aromatic nitrogens is 1. The number of hydrogen-bond donors (Lipinski definition) is 1. The molecule has 0 unspecified atom stereocenters. The molecule has 3 rings (SSSR count). The van der Waals surface area contributed by atoms with Crippen molar-refractivity contribution in [2.45, 2.75) is 13.3 Å². The molecule has 0 amide bonds. The predicted octanol–water partition coefficient (Wildman–Crippen LogP) is 3.38. The Morgan fingerprint density at radius 1 is 1.11 bits per heavy atom. The van der Waals surface area contributed by atoms with Gasteiger partial charge in [0.1, 0.15) is 5.82 Å². The molecule has 3 aromatic rings. The van der Waals surface area contributed by atoms with Crippen LogP contribution >= 0.6 is 0 Å². The van der Waals surface area contributed by atoms with E-state index in [0.29, 0.717) is 5.39 Å². The normalized spacial score (nSPS) is 11.2. The van der Waals surface area contributed by atoms with Gasteiger partial charge in [0.25, 0.3) is 5.56 Å². The van der Waals surface area contributed by atoms with Crippen molar-refractivity contribution in [3.8, 4) is 0 Å². The maximum Gasteiger partial charge on any atom is 0.256 e. The highest BCUT2D eigenvalue weighted by Crippen LogP contribution is 2.23. The summed E-state index contributed by atoms with van der Waals surface area (Å²) in [5.41, 5.74) is 1.14. The van der Waals surface area contributed by atoms with Gasteiger partial charge in [-0.1, -0.05) is 31.2 Å². The van der Waals surface area contributed by atoms with E-state index < -0.39 is 5.82 Å². The second-order valence-electron chi connectivity index (χ2n) is 4.35. The molecule has 1 aromatic heterocycles. The highest BCUT2D eigenvalue weighted by molar-refractivity contribution is 6.05. The monoisotopic (exact) mass is 241 g/mol. The number of aromatic amines is 1. The molecular weight excluding hydrogens is 229 g/mol. The standard InChI is InChI=1S/C15H12FNO/c1-2-9-6-7-10-11-4-3-5-13(16)14(11)17-15(18)12(10)8-9/h3-8H,2H2,1H3,(H,17,18).